The number of halogens is 2. The molecule has 8 heteroatoms. The standard InChI is InChI=1S/C24H25F2NO5/c25-24(26)13-20(14-24)32-19-10-11-27(23(30)31-15-16-4-2-1-3-5-16)21(12-19)17-6-8-18(9-7-17)22(28)29/h1-9,19-21H,10-15H2,(H,28,29)/t19-,21-/m0/s1. The molecule has 1 saturated carbocycles. The zero-order chi connectivity index (χ0) is 22.7. The molecule has 1 saturated heterocycles. The number of aromatic carboxylic acids is 1. The second kappa shape index (κ2) is 9.24. The van der Waals surface area contributed by atoms with Gasteiger partial charge in [-0.05, 0) is 36.1 Å². The average molecular weight is 445 g/mol. The molecule has 1 aliphatic carbocycles. The number of ether oxygens (including phenoxy) is 2. The summed E-state index contributed by atoms with van der Waals surface area (Å²) in [6.07, 6.45) is -0.815. The molecule has 1 N–H and O–H groups in total. The van der Waals surface area contributed by atoms with Gasteiger partial charge in [0.15, 0.2) is 0 Å². The first-order chi connectivity index (χ1) is 15.3. The fraction of sp³-hybridized carbons (Fsp3) is 0.417. The number of carbonyl (C=O) groups excluding carboxylic acids is 1. The number of piperidine rings is 1. The molecule has 32 heavy (non-hydrogen) atoms. The molecule has 0 bridgehead atoms. The quantitative estimate of drug-likeness (QED) is 0.674. The molecule has 170 valence electrons. The molecule has 1 amide bonds. The summed E-state index contributed by atoms with van der Waals surface area (Å²) >= 11 is 0. The zero-order valence-corrected chi connectivity index (χ0v) is 17.5. The maximum Gasteiger partial charge on any atom is 0.410 e. The van der Waals surface area contributed by atoms with Crippen LogP contribution in [0.15, 0.2) is 54.6 Å². The van der Waals surface area contributed by atoms with Crippen LogP contribution in [0.4, 0.5) is 13.6 Å². The van der Waals surface area contributed by atoms with Gasteiger partial charge in [0.05, 0.1) is 23.8 Å². The van der Waals surface area contributed by atoms with Crippen LogP contribution in [0.3, 0.4) is 0 Å². The van der Waals surface area contributed by atoms with Crippen molar-refractivity contribution in [1.82, 2.24) is 4.90 Å². The summed E-state index contributed by atoms with van der Waals surface area (Å²) in [5.74, 6) is -3.69. The van der Waals surface area contributed by atoms with E-state index in [2.05, 4.69) is 0 Å². The topological polar surface area (TPSA) is 76.1 Å². The molecule has 2 aliphatic rings. The van der Waals surface area contributed by atoms with Crippen LogP contribution in [0.2, 0.25) is 0 Å². The summed E-state index contributed by atoms with van der Waals surface area (Å²) in [5, 5.41) is 9.16. The normalized spacial score (nSPS) is 22.8. The van der Waals surface area contributed by atoms with E-state index in [1.165, 1.54) is 12.1 Å². The Morgan fingerprint density at radius 2 is 1.72 bits per heavy atom. The summed E-state index contributed by atoms with van der Waals surface area (Å²) in [4.78, 5) is 25.7. The summed E-state index contributed by atoms with van der Waals surface area (Å²) in [6.45, 7) is 0.491. The Kier molecular flexibility index (Phi) is 6.41. The fourth-order valence-electron chi connectivity index (χ4n) is 4.22. The fourth-order valence-corrected chi connectivity index (χ4v) is 4.22. The molecule has 2 aromatic rings. The molecule has 0 radical (unpaired) electrons. The van der Waals surface area contributed by atoms with E-state index in [4.69, 9.17) is 14.6 Å². The van der Waals surface area contributed by atoms with Crippen molar-refractivity contribution in [3.8, 4) is 0 Å². The molecule has 1 aliphatic heterocycles. The van der Waals surface area contributed by atoms with Crippen LogP contribution in [-0.2, 0) is 16.1 Å². The third-order valence-electron chi connectivity index (χ3n) is 5.97. The minimum atomic E-state index is -2.65. The number of carbonyl (C=O) groups is 2. The molecule has 0 unspecified atom stereocenters. The maximum absolute atomic E-state index is 13.2. The number of hydrogen-bond acceptors (Lipinski definition) is 4. The van der Waals surface area contributed by atoms with Gasteiger partial charge in [0.2, 0.25) is 0 Å². The number of amides is 1. The molecule has 0 aromatic heterocycles. The van der Waals surface area contributed by atoms with E-state index in [9.17, 15) is 18.4 Å². The van der Waals surface area contributed by atoms with E-state index >= 15 is 0 Å². The lowest BCUT2D eigenvalue weighted by Crippen LogP contribution is -2.47. The molecule has 2 aromatic carbocycles. The Hall–Kier alpha value is -3.00. The van der Waals surface area contributed by atoms with Gasteiger partial charge >= 0.3 is 12.1 Å². The van der Waals surface area contributed by atoms with Crippen molar-refractivity contribution < 1.29 is 33.0 Å². The van der Waals surface area contributed by atoms with Gasteiger partial charge in [-0.3, -0.25) is 0 Å². The first-order valence-corrected chi connectivity index (χ1v) is 10.6. The summed E-state index contributed by atoms with van der Waals surface area (Å²) < 4.78 is 37.8. The molecule has 2 atom stereocenters. The van der Waals surface area contributed by atoms with Crippen molar-refractivity contribution in [2.45, 2.75) is 56.5 Å². The summed E-state index contributed by atoms with van der Waals surface area (Å²) in [7, 11) is 0. The molecular weight excluding hydrogens is 420 g/mol. The van der Waals surface area contributed by atoms with Crippen LogP contribution in [0, 0.1) is 0 Å². The van der Waals surface area contributed by atoms with Gasteiger partial charge in [-0.25, -0.2) is 18.4 Å². The van der Waals surface area contributed by atoms with Gasteiger partial charge < -0.3 is 19.5 Å². The highest BCUT2D eigenvalue weighted by atomic mass is 19.3. The van der Waals surface area contributed by atoms with Crippen molar-refractivity contribution in [1.29, 1.82) is 0 Å². The van der Waals surface area contributed by atoms with Crippen LogP contribution in [0.1, 0.15) is 53.2 Å². The highest BCUT2D eigenvalue weighted by molar-refractivity contribution is 5.87. The number of benzene rings is 2. The highest BCUT2D eigenvalue weighted by Crippen LogP contribution is 2.42. The van der Waals surface area contributed by atoms with E-state index in [0.29, 0.717) is 19.4 Å². The lowest BCUT2D eigenvalue weighted by atomic mass is 9.89. The molecular formula is C24H25F2NO5. The Balaban J connectivity index is 1.46. The molecule has 1 heterocycles. The van der Waals surface area contributed by atoms with E-state index in [1.807, 2.05) is 30.3 Å². The van der Waals surface area contributed by atoms with Crippen LogP contribution < -0.4 is 0 Å². The summed E-state index contributed by atoms with van der Waals surface area (Å²) in [5.41, 5.74) is 1.76. The van der Waals surface area contributed by atoms with Crippen molar-refractivity contribution >= 4 is 12.1 Å². The average Bonchev–Trinajstić information content (AvgIpc) is 2.77. The van der Waals surface area contributed by atoms with Gasteiger partial charge in [-0.1, -0.05) is 42.5 Å². The lowest BCUT2D eigenvalue weighted by molar-refractivity contribution is -0.189. The lowest BCUT2D eigenvalue weighted by Gasteiger charge is -2.42. The number of alkyl halides is 2. The number of rotatable bonds is 6. The molecule has 6 nitrogen and oxygen atoms in total. The third-order valence-corrected chi connectivity index (χ3v) is 5.97. The highest BCUT2D eigenvalue weighted by Gasteiger charge is 2.47. The Morgan fingerprint density at radius 1 is 1.03 bits per heavy atom. The summed E-state index contributed by atoms with van der Waals surface area (Å²) in [6, 6.07) is 15.3. The van der Waals surface area contributed by atoms with E-state index in [-0.39, 0.29) is 31.1 Å². The van der Waals surface area contributed by atoms with Crippen molar-refractivity contribution in [2.75, 3.05) is 6.54 Å². The number of carboxylic acids is 1. The van der Waals surface area contributed by atoms with Crippen molar-refractivity contribution in [3.05, 3.63) is 71.3 Å². The van der Waals surface area contributed by atoms with Crippen molar-refractivity contribution in [3.63, 3.8) is 0 Å². The minimum absolute atomic E-state index is 0.137. The number of hydrogen-bond donors (Lipinski definition) is 1. The zero-order valence-electron chi connectivity index (χ0n) is 17.5. The maximum atomic E-state index is 13.2. The first kappa shape index (κ1) is 22.2. The van der Waals surface area contributed by atoms with Crippen LogP contribution >= 0.6 is 0 Å². The van der Waals surface area contributed by atoms with Crippen molar-refractivity contribution in [2.24, 2.45) is 0 Å². The first-order valence-electron chi connectivity index (χ1n) is 10.6. The molecule has 2 fully saturated rings. The smallest absolute Gasteiger partial charge is 0.410 e. The van der Waals surface area contributed by atoms with Gasteiger partial charge in [0.25, 0.3) is 5.92 Å². The van der Waals surface area contributed by atoms with Crippen LogP contribution in [-0.4, -0.2) is 46.7 Å². The molecule has 0 spiro atoms. The van der Waals surface area contributed by atoms with E-state index in [1.54, 1.807) is 17.0 Å². The molecule has 4 rings (SSSR count). The minimum Gasteiger partial charge on any atom is -0.478 e. The van der Waals surface area contributed by atoms with Gasteiger partial charge in [0, 0.05) is 19.4 Å². The third kappa shape index (κ3) is 5.24. The second-order valence-corrected chi connectivity index (χ2v) is 8.35. The van der Waals surface area contributed by atoms with E-state index < -0.39 is 30.1 Å². The van der Waals surface area contributed by atoms with Gasteiger partial charge in [-0.15, -0.1) is 0 Å². The van der Waals surface area contributed by atoms with Gasteiger partial charge in [0.1, 0.15) is 6.61 Å². The predicted molar refractivity (Wildman–Crippen MR) is 112 cm³/mol. The van der Waals surface area contributed by atoms with Gasteiger partial charge in [-0.2, -0.15) is 0 Å². The van der Waals surface area contributed by atoms with Crippen LogP contribution in [0.5, 0.6) is 0 Å². The van der Waals surface area contributed by atoms with E-state index in [0.717, 1.165) is 11.1 Å². The Morgan fingerprint density at radius 3 is 2.34 bits per heavy atom. The largest absolute Gasteiger partial charge is 0.478 e. The predicted octanol–water partition coefficient (Wildman–Crippen LogP) is 5.04. The monoisotopic (exact) mass is 445 g/mol. The second-order valence-electron chi connectivity index (χ2n) is 8.35. The van der Waals surface area contributed by atoms with Crippen LogP contribution in [0.25, 0.3) is 0 Å². The Bertz CT molecular complexity index is 943. The number of nitrogens with zero attached hydrogens (tertiary/aromatic N) is 1. The Labute approximate surface area is 184 Å². The SMILES string of the molecule is O=C(O)c1ccc([C@@H]2C[C@@H](OC3CC(F)(F)C3)CCN2C(=O)OCc2ccccc2)cc1. The number of carboxylic acid groups (broad SMARTS) is 1. The number of likely N-dealkylation sites (tertiary alicyclic amines) is 1.